The van der Waals surface area contributed by atoms with Crippen LogP contribution in [0.25, 0.3) is 0 Å². The SMILES string of the molecule is CCNC1C=C2C=CCC3C4CCCC(C)(CC5=CNC(N)C=C5)Cc5cccc6c5C(=O)C5(OC5(CC(CO)=C(C)CCC5=CCNC7=C5CCC(NC)N7)C6=O)C(=O)OC(CCCO)C1C(CC4)C23. The quantitative estimate of drug-likeness (QED) is 0.0430. The molecule has 12 atom stereocenters. The first kappa shape index (κ1) is 49.9. The molecule has 71 heavy (non-hydrogen) atoms. The van der Waals surface area contributed by atoms with Crippen molar-refractivity contribution in [3.63, 3.8) is 0 Å². The van der Waals surface area contributed by atoms with Crippen molar-refractivity contribution in [2.75, 3.05) is 33.4 Å². The summed E-state index contributed by atoms with van der Waals surface area (Å²) in [5.41, 5.74) is 9.38. The Morgan fingerprint density at radius 3 is 2.69 bits per heavy atom. The second-order valence-corrected chi connectivity index (χ2v) is 22.6. The van der Waals surface area contributed by atoms with Gasteiger partial charge in [-0.05, 0) is 166 Å². The Labute approximate surface area is 420 Å². The summed E-state index contributed by atoms with van der Waals surface area (Å²) in [6.07, 6.45) is 25.8. The second kappa shape index (κ2) is 20.3. The second-order valence-electron chi connectivity index (χ2n) is 22.6. The molecule has 9 N–H and O–H groups in total. The first-order valence-electron chi connectivity index (χ1n) is 27.0. The number of esters is 1. The highest BCUT2D eigenvalue weighted by Crippen LogP contribution is 2.61. The average Bonchev–Trinajstić information content (AvgIpc) is 4.08. The van der Waals surface area contributed by atoms with Crippen LogP contribution in [0.15, 0.2) is 100 Å². The number of ketones is 2. The summed E-state index contributed by atoms with van der Waals surface area (Å²) in [6.45, 7) is 7.35. The van der Waals surface area contributed by atoms with Gasteiger partial charge in [0.1, 0.15) is 11.9 Å². The molecule has 6 heterocycles. The number of nitrogens with two attached hydrogens (primary N) is 1. The highest BCUT2D eigenvalue weighted by molar-refractivity contribution is 6.33. The van der Waals surface area contributed by atoms with E-state index in [4.69, 9.17) is 15.2 Å². The van der Waals surface area contributed by atoms with Gasteiger partial charge in [0.25, 0.3) is 5.60 Å². The third-order valence-electron chi connectivity index (χ3n) is 18.3. The van der Waals surface area contributed by atoms with Crippen molar-refractivity contribution < 1.29 is 34.1 Å². The molecule has 1 spiro atoms. The number of allylic oxidation sites excluding steroid dienone is 8. The molecule has 1 aromatic rings. The number of hydrogen-bond donors (Lipinski definition) is 8. The van der Waals surface area contributed by atoms with Gasteiger partial charge in [-0.3, -0.25) is 9.59 Å². The number of carbonyl (C=O) groups excluding carboxylic acids is 3. The van der Waals surface area contributed by atoms with Gasteiger partial charge in [0.15, 0.2) is 11.4 Å². The van der Waals surface area contributed by atoms with E-state index in [0.717, 1.165) is 86.7 Å². The molecule has 0 amide bonds. The van der Waals surface area contributed by atoms with Gasteiger partial charge in [-0.2, -0.15) is 0 Å². The molecule has 13 heteroatoms. The van der Waals surface area contributed by atoms with E-state index in [1.165, 1.54) is 16.7 Å². The Morgan fingerprint density at radius 1 is 1.06 bits per heavy atom. The van der Waals surface area contributed by atoms with E-state index in [9.17, 15) is 10.2 Å². The number of carbonyl (C=O) groups is 3. The number of fused-ring (bicyclic) bond motifs is 7. The van der Waals surface area contributed by atoms with Crippen LogP contribution in [0.5, 0.6) is 0 Å². The molecular weight excluding hydrogens is 893 g/mol. The minimum Gasteiger partial charge on any atom is -0.459 e. The number of nitrogens with one attached hydrogen (secondary N) is 5. The van der Waals surface area contributed by atoms with Crippen molar-refractivity contribution in [1.82, 2.24) is 26.6 Å². The Morgan fingerprint density at radius 2 is 1.92 bits per heavy atom. The van der Waals surface area contributed by atoms with Crippen molar-refractivity contribution >= 4 is 17.5 Å². The van der Waals surface area contributed by atoms with Crippen molar-refractivity contribution in [2.24, 2.45) is 40.7 Å². The number of Topliss-reactive ketones (excluding diaryl/α,β-unsaturated/α-hetero) is 2. The zero-order chi connectivity index (χ0) is 49.7. The van der Waals surface area contributed by atoms with E-state index in [1.54, 1.807) is 6.07 Å². The van der Waals surface area contributed by atoms with Crippen LogP contribution in [0.1, 0.15) is 137 Å². The van der Waals surface area contributed by atoms with E-state index in [-0.39, 0.29) is 66.4 Å². The minimum absolute atomic E-state index is 0.0771. The summed E-state index contributed by atoms with van der Waals surface area (Å²) in [4.78, 5) is 47.3. The fourth-order valence-corrected chi connectivity index (χ4v) is 14.7. The van der Waals surface area contributed by atoms with Crippen molar-refractivity contribution in [1.29, 1.82) is 0 Å². The molecule has 12 unspecified atom stereocenters. The molecule has 0 radical (unpaired) electrons. The smallest absolute Gasteiger partial charge is 0.350 e. The predicted molar refractivity (Wildman–Crippen MR) is 274 cm³/mol. The molecule has 1 saturated carbocycles. The summed E-state index contributed by atoms with van der Waals surface area (Å²) < 4.78 is 13.6. The van der Waals surface area contributed by atoms with Crippen LogP contribution < -0.4 is 32.3 Å². The van der Waals surface area contributed by atoms with Gasteiger partial charge in [0, 0.05) is 48.9 Å². The maximum atomic E-state index is 15.9. The topological polar surface area (TPSA) is 200 Å². The molecular formula is C58H78N6O7. The van der Waals surface area contributed by atoms with Gasteiger partial charge in [0.05, 0.1) is 18.9 Å². The van der Waals surface area contributed by atoms with E-state index in [2.05, 4.69) is 70.8 Å². The third-order valence-corrected chi connectivity index (χ3v) is 18.3. The molecule has 13 nitrogen and oxygen atoms in total. The molecule has 6 aliphatic heterocycles. The van der Waals surface area contributed by atoms with Crippen LogP contribution in [-0.2, 0) is 20.7 Å². The number of likely N-dealkylation sites (N-methyl/N-ethyl adjacent to an activating group) is 1. The first-order chi connectivity index (χ1) is 34.4. The third kappa shape index (κ3) is 9.04. The molecule has 1 saturated heterocycles. The number of epoxide rings is 1. The van der Waals surface area contributed by atoms with Crippen molar-refractivity contribution in [3.05, 3.63) is 117 Å². The number of benzene rings is 1. The maximum Gasteiger partial charge on any atom is 0.350 e. The summed E-state index contributed by atoms with van der Waals surface area (Å²) in [7, 11) is 1.96. The monoisotopic (exact) mass is 971 g/mol. The van der Waals surface area contributed by atoms with E-state index < -0.39 is 34.8 Å². The van der Waals surface area contributed by atoms with E-state index >= 15 is 14.4 Å². The van der Waals surface area contributed by atoms with Gasteiger partial charge in [-0.15, -0.1) is 0 Å². The molecule has 6 bridgehead atoms. The fourth-order valence-electron chi connectivity index (χ4n) is 14.7. The summed E-state index contributed by atoms with van der Waals surface area (Å²) in [5.74, 6) is 0.593. The minimum atomic E-state index is -2.25. The lowest BCUT2D eigenvalue weighted by molar-refractivity contribution is -0.160. The molecule has 1 aromatic carbocycles. The Hall–Kier alpha value is -4.63. The number of dihydropyridines is 2. The summed E-state index contributed by atoms with van der Waals surface area (Å²) in [5, 5.41) is 39.0. The van der Waals surface area contributed by atoms with Crippen LogP contribution in [0.2, 0.25) is 0 Å². The molecule has 10 aliphatic rings. The van der Waals surface area contributed by atoms with Gasteiger partial charge in [-0.25, -0.2) is 4.79 Å². The Kier molecular flexibility index (Phi) is 14.3. The summed E-state index contributed by atoms with van der Waals surface area (Å²) in [6, 6.07) is 5.41. The average molecular weight is 971 g/mol. The van der Waals surface area contributed by atoms with Gasteiger partial charge < -0.3 is 52.0 Å². The zero-order valence-electron chi connectivity index (χ0n) is 42.4. The van der Waals surface area contributed by atoms with Crippen molar-refractivity contribution in [3.8, 4) is 0 Å². The largest absolute Gasteiger partial charge is 0.459 e. The lowest BCUT2D eigenvalue weighted by atomic mass is 9.53. The molecule has 11 rings (SSSR count). The van der Waals surface area contributed by atoms with Crippen LogP contribution in [0.4, 0.5) is 0 Å². The van der Waals surface area contributed by atoms with Gasteiger partial charge >= 0.3 is 5.97 Å². The summed E-state index contributed by atoms with van der Waals surface area (Å²) >= 11 is 0. The molecule has 2 fully saturated rings. The van der Waals surface area contributed by atoms with Gasteiger partial charge in [-0.1, -0.05) is 80.8 Å². The number of aliphatic hydroxyl groups excluding tert-OH is 2. The number of rotatable bonds is 14. The Bertz CT molecular complexity index is 2500. The number of hydrogen-bond acceptors (Lipinski definition) is 13. The van der Waals surface area contributed by atoms with Crippen LogP contribution in [-0.4, -0.2) is 96.8 Å². The van der Waals surface area contributed by atoms with Crippen LogP contribution >= 0.6 is 0 Å². The maximum absolute atomic E-state index is 15.9. The molecule has 382 valence electrons. The van der Waals surface area contributed by atoms with Crippen LogP contribution in [0, 0.1) is 35.0 Å². The van der Waals surface area contributed by atoms with E-state index in [1.807, 2.05) is 38.4 Å². The number of aliphatic hydroxyl groups is 2. The van der Waals surface area contributed by atoms with E-state index in [0.29, 0.717) is 62.1 Å². The highest BCUT2D eigenvalue weighted by Gasteiger charge is 2.86. The zero-order valence-corrected chi connectivity index (χ0v) is 42.4. The van der Waals surface area contributed by atoms with Crippen molar-refractivity contribution in [2.45, 2.75) is 153 Å². The fraction of sp³-hybridized carbons (Fsp3) is 0.603. The Balaban J connectivity index is 1.06. The normalized spacial score (nSPS) is 36.4. The predicted octanol–water partition coefficient (Wildman–Crippen LogP) is 6.61. The number of ether oxygens (including phenoxy) is 2. The lowest BCUT2D eigenvalue weighted by Crippen LogP contribution is -2.56. The highest BCUT2D eigenvalue weighted by atomic mass is 16.7. The lowest BCUT2D eigenvalue weighted by Gasteiger charge is -2.53. The van der Waals surface area contributed by atoms with Gasteiger partial charge in [0.2, 0.25) is 5.78 Å². The molecule has 4 aliphatic carbocycles. The van der Waals surface area contributed by atoms with Crippen LogP contribution in [0.3, 0.4) is 0 Å². The standard InChI is InChI=1S/C58H78N6O7/c1-5-61-45-28-38-10-6-13-41-36-12-8-25-56(3,29-35-17-22-47(59)63-32-35)30-39-11-7-14-44-50(39)53(68)58(55(69)70-46(15-9-27-65)51(45)43(20-19-36)49(38)41)57(71-58,52(44)67)31-40(33-66)34(2)16-18-37-24-26-62-54-42(37)21-23-48(60-4)64-54/h6-7,10-11,14,17,22,24,28,32,36,41,43,45-49,51,60-66H,5,8-9,12-13,15-16,18-21,23,25-27,29-31,33,59H2,1-4H3. The first-order valence-corrected chi connectivity index (χ1v) is 27.0. The molecule has 0 aromatic heterocycles.